The molecule has 0 aliphatic rings. The smallest absolute Gasteiger partial charge is 0.0287 e. The molecular weight excluding hydrogens is 206 g/mol. The number of nitrogens with one attached hydrogen (secondary N) is 1. The normalized spacial score (nSPS) is 12.5. The largest absolute Gasteiger partial charge is 0.310 e. The van der Waals surface area contributed by atoms with Crippen molar-refractivity contribution in [2.75, 3.05) is 6.54 Å². The third-order valence-electron chi connectivity index (χ3n) is 3.07. The Morgan fingerprint density at radius 1 is 1.18 bits per heavy atom. The van der Waals surface area contributed by atoms with E-state index in [9.17, 15) is 0 Å². The van der Waals surface area contributed by atoms with Crippen molar-refractivity contribution in [3.8, 4) is 0 Å². The Balaban J connectivity index is 2.31. The van der Waals surface area contributed by atoms with E-state index in [2.05, 4.69) is 61.3 Å². The highest BCUT2D eigenvalue weighted by Crippen LogP contribution is 2.19. The van der Waals surface area contributed by atoms with E-state index in [1.165, 1.54) is 16.3 Å². The highest BCUT2D eigenvalue weighted by atomic mass is 14.9. The molecule has 0 aliphatic carbocycles. The maximum absolute atomic E-state index is 3.89. The standard InChI is InChI=1S/C16H19N/c1-3-15(17-4-2)12-14-10-7-9-13-8-5-6-11-16(13)14/h3,5-11,15,17H,1,4,12H2,2H3. The van der Waals surface area contributed by atoms with Gasteiger partial charge in [-0.3, -0.25) is 0 Å². The van der Waals surface area contributed by atoms with Crippen molar-refractivity contribution in [3.05, 3.63) is 60.7 Å². The Labute approximate surface area is 103 Å². The van der Waals surface area contributed by atoms with Crippen LogP contribution in [0.15, 0.2) is 55.1 Å². The molecule has 0 aromatic heterocycles. The maximum Gasteiger partial charge on any atom is 0.0287 e. The van der Waals surface area contributed by atoms with Gasteiger partial charge >= 0.3 is 0 Å². The molecule has 0 radical (unpaired) electrons. The summed E-state index contributed by atoms with van der Waals surface area (Å²) in [5.74, 6) is 0. The Morgan fingerprint density at radius 2 is 1.94 bits per heavy atom. The van der Waals surface area contributed by atoms with E-state index in [1.54, 1.807) is 0 Å². The van der Waals surface area contributed by atoms with Gasteiger partial charge in [0, 0.05) is 6.04 Å². The minimum Gasteiger partial charge on any atom is -0.310 e. The van der Waals surface area contributed by atoms with Gasteiger partial charge in [-0.2, -0.15) is 0 Å². The van der Waals surface area contributed by atoms with E-state index in [-0.39, 0.29) is 0 Å². The minimum atomic E-state index is 0.353. The molecule has 2 aromatic rings. The van der Waals surface area contributed by atoms with Crippen LogP contribution in [0.4, 0.5) is 0 Å². The molecule has 0 bridgehead atoms. The molecule has 0 saturated heterocycles. The van der Waals surface area contributed by atoms with Crippen LogP contribution in [0.3, 0.4) is 0 Å². The van der Waals surface area contributed by atoms with Crippen molar-refractivity contribution in [3.63, 3.8) is 0 Å². The first kappa shape index (κ1) is 11.9. The molecule has 1 atom stereocenters. The number of hydrogen-bond donors (Lipinski definition) is 1. The average molecular weight is 225 g/mol. The van der Waals surface area contributed by atoms with Gasteiger partial charge in [0.1, 0.15) is 0 Å². The topological polar surface area (TPSA) is 12.0 Å². The predicted octanol–water partition coefficient (Wildman–Crippen LogP) is 3.55. The summed E-state index contributed by atoms with van der Waals surface area (Å²) in [7, 11) is 0. The van der Waals surface area contributed by atoms with Crippen molar-refractivity contribution in [2.24, 2.45) is 0 Å². The van der Waals surface area contributed by atoms with E-state index in [4.69, 9.17) is 0 Å². The maximum atomic E-state index is 3.89. The number of hydrogen-bond acceptors (Lipinski definition) is 1. The summed E-state index contributed by atoms with van der Waals surface area (Å²) in [6, 6.07) is 15.4. The molecular formula is C16H19N. The van der Waals surface area contributed by atoms with Crippen LogP contribution in [-0.2, 0) is 6.42 Å². The van der Waals surface area contributed by atoms with Crippen LogP contribution in [0.2, 0.25) is 0 Å². The molecule has 2 rings (SSSR count). The lowest BCUT2D eigenvalue weighted by atomic mass is 9.99. The number of likely N-dealkylation sites (N-methyl/N-ethyl adjacent to an activating group) is 1. The molecule has 88 valence electrons. The second-order valence-corrected chi connectivity index (χ2v) is 4.24. The molecule has 0 amide bonds. The van der Waals surface area contributed by atoms with Crippen molar-refractivity contribution >= 4 is 10.8 Å². The Bertz CT molecular complexity index is 496. The van der Waals surface area contributed by atoms with E-state index in [0.29, 0.717) is 6.04 Å². The van der Waals surface area contributed by atoms with Crippen LogP contribution < -0.4 is 5.32 Å². The van der Waals surface area contributed by atoms with E-state index in [0.717, 1.165) is 13.0 Å². The van der Waals surface area contributed by atoms with Crippen molar-refractivity contribution in [2.45, 2.75) is 19.4 Å². The zero-order valence-electron chi connectivity index (χ0n) is 10.3. The summed E-state index contributed by atoms with van der Waals surface area (Å²) in [6.07, 6.45) is 2.99. The predicted molar refractivity (Wildman–Crippen MR) is 75.3 cm³/mol. The van der Waals surface area contributed by atoms with Gasteiger partial charge in [-0.1, -0.05) is 55.5 Å². The first-order valence-corrected chi connectivity index (χ1v) is 6.17. The molecule has 1 N–H and O–H groups in total. The summed E-state index contributed by atoms with van der Waals surface area (Å²) in [4.78, 5) is 0. The minimum absolute atomic E-state index is 0.353. The first-order valence-electron chi connectivity index (χ1n) is 6.17. The van der Waals surface area contributed by atoms with Gasteiger partial charge in [0.2, 0.25) is 0 Å². The molecule has 0 heterocycles. The molecule has 1 heteroatoms. The lowest BCUT2D eigenvalue weighted by Gasteiger charge is -2.14. The van der Waals surface area contributed by atoms with Gasteiger partial charge in [0.25, 0.3) is 0 Å². The zero-order valence-corrected chi connectivity index (χ0v) is 10.3. The van der Waals surface area contributed by atoms with E-state index >= 15 is 0 Å². The molecule has 0 saturated carbocycles. The van der Waals surface area contributed by atoms with Crippen LogP contribution in [0, 0.1) is 0 Å². The third-order valence-corrected chi connectivity index (χ3v) is 3.07. The van der Waals surface area contributed by atoms with Gasteiger partial charge in [-0.05, 0) is 29.3 Å². The van der Waals surface area contributed by atoms with Crippen LogP contribution in [0.5, 0.6) is 0 Å². The van der Waals surface area contributed by atoms with Crippen LogP contribution in [-0.4, -0.2) is 12.6 Å². The van der Waals surface area contributed by atoms with Crippen molar-refractivity contribution < 1.29 is 0 Å². The lowest BCUT2D eigenvalue weighted by molar-refractivity contribution is 0.615. The number of benzene rings is 2. The van der Waals surface area contributed by atoms with Gasteiger partial charge in [-0.15, -0.1) is 6.58 Å². The lowest BCUT2D eigenvalue weighted by Crippen LogP contribution is -2.28. The van der Waals surface area contributed by atoms with Gasteiger partial charge in [0.15, 0.2) is 0 Å². The van der Waals surface area contributed by atoms with Gasteiger partial charge in [-0.25, -0.2) is 0 Å². The highest BCUT2D eigenvalue weighted by molar-refractivity contribution is 5.85. The zero-order chi connectivity index (χ0) is 12.1. The summed E-state index contributed by atoms with van der Waals surface area (Å²) in [5.41, 5.74) is 1.38. The fraction of sp³-hybridized carbons (Fsp3) is 0.250. The first-order chi connectivity index (χ1) is 8.35. The van der Waals surface area contributed by atoms with Crippen LogP contribution in [0.25, 0.3) is 10.8 Å². The van der Waals surface area contributed by atoms with E-state index < -0.39 is 0 Å². The second kappa shape index (κ2) is 5.65. The SMILES string of the molecule is C=CC(Cc1cccc2ccccc12)NCC. The summed E-state index contributed by atoms with van der Waals surface area (Å²) >= 11 is 0. The van der Waals surface area contributed by atoms with Crippen molar-refractivity contribution in [1.29, 1.82) is 0 Å². The van der Waals surface area contributed by atoms with Crippen LogP contribution in [0.1, 0.15) is 12.5 Å². The summed E-state index contributed by atoms with van der Waals surface area (Å²) in [5, 5.41) is 6.08. The second-order valence-electron chi connectivity index (χ2n) is 4.24. The average Bonchev–Trinajstić information content (AvgIpc) is 2.38. The van der Waals surface area contributed by atoms with Gasteiger partial charge in [0.05, 0.1) is 0 Å². The summed E-state index contributed by atoms with van der Waals surface area (Å²) in [6.45, 7) is 6.99. The molecule has 0 fully saturated rings. The monoisotopic (exact) mass is 225 g/mol. The van der Waals surface area contributed by atoms with Gasteiger partial charge < -0.3 is 5.32 Å². The Hall–Kier alpha value is -1.60. The Morgan fingerprint density at radius 3 is 2.71 bits per heavy atom. The summed E-state index contributed by atoms with van der Waals surface area (Å²) < 4.78 is 0. The molecule has 1 unspecified atom stereocenters. The van der Waals surface area contributed by atoms with Crippen molar-refractivity contribution in [1.82, 2.24) is 5.32 Å². The molecule has 2 aromatic carbocycles. The fourth-order valence-corrected chi connectivity index (χ4v) is 2.21. The quantitative estimate of drug-likeness (QED) is 0.767. The Kier molecular flexibility index (Phi) is 3.94. The van der Waals surface area contributed by atoms with Crippen LogP contribution >= 0.6 is 0 Å². The number of fused-ring (bicyclic) bond motifs is 1. The molecule has 0 spiro atoms. The molecule has 1 nitrogen and oxygen atoms in total. The number of rotatable bonds is 5. The highest BCUT2D eigenvalue weighted by Gasteiger charge is 2.06. The molecule has 17 heavy (non-hydrogen) atoms. The fourth-order valence-electron chi connectivity index (χ4n) is 2.21. The van der Waals surface area contributed by atoms with E-state index in [1.807, 2.05) is 6.08 Å². The third kappa shape index (κ3) is 2.75. The molecule has 0 aliphatic heterocycles.